The Labute approximate surface area is 145 Å². The number of carbonyl (C=O) groups excluding carboxylic acids is 2. The lowest BCUT2D eigenvalue weighted by molar-refractivity contribution is -0.140. The first-order valence-corrected chi connectivity index (χ1v) is 8.02. The molecule has 1 fully saturated rings. The van der Waals surface area contributed by atoms with Crippen molar-refractivity contribution in [2.45, 2.75) is 18.4 Å². The van der Waals surface area contributed by atoms with E-state index in [1.54, 1.807) is 20.2 Å². The van der Waals surface area contributed by atoms with Gasteiger partial charge in [0.1, 0.15) is 5.82 Å². The minimum atomic E-state index is -1.22. The van der Waals surface area contributed by atoms with Gasteiger partial charge in [-0.2, -0.15) is 0 Å². The number of halogens is 1. The molecule has 0 saturated carbocycles. The van der Waals surface area contributed by atoms with E-state index in [1.807, 2.05) is 0 Å². The second-order valence-electron chi connectivity index (χ2n) is 6.22. The molecule has 1 aliphatic rings. The largest absolute Gasteiger partial charge is 0.346 e. The van der Waals surface area contributed by atoms with E-state index in [9.17, 15) is 14.0 Å². The van der Waals surface area contributed by atoms with Crippen LogP contribution in [0.25, 0.3) is 0 Å². The third kappa shape index (κ3) is 2.86. The smallest absolute Gasteiger partial charge is 0.255 e. The maximum atomic E-state index is 13.5. The molecular weight excluding hydrogens is 323 g/mol. The number of rotatable bonds is 3. The highest BCUT2D eigenvalue weighted by atomic mass is 19.1. The van der Waals surface area contributed by atoms with Gasteiger partial charge in [0.15, 0.2) is 5.54 Å². The van der Waals surface area contributed by atoms with Crippen molar-refractivity contribution >= 4 is 11.8 Å². The average molecular weight is 342 g/mol. The predicted octanol–water partition coefficient (Wildman–Crippen LogP) is 1.84. The number of likely N-dealkylation sites (tertiary alicyclic amines) is 1. The summed E-state index contributed by atoms with van der Waals surface area (Å²) in [4.78, 5) is 37.4. The number of likely N-dealkylation sites (N-methyl/N-ethyl adjacent to an activating group) is 1. The van der Waals surface area contributed by atoms with Crippen LogP contribution in [0, 0.1) is 5.82 Å². The third-order valence-electron chi connectivity index (χ3n) is 4.44. The van der Waals surface area contributed by atoms with Crippen molar-refractivity contribution < 1.29 is 14.0 Å². The van der Waals surface area contributed by atoms with Gasteiger partial charge in [-0.1, -0.05) is 6.07 Å². The van der Waals surface area contributed by atoms with Crippen LogP contribution in [0.5, 0.6) is 0 Å². The Bertz CT molecular complexity index is 797. The fourth-order valence-corrected chi connectivity index (χ4v) is 3.35. The summed E-state index contributed by atoms with van der Waals surface area (Å²) in [7, 11) is 3.28. The number of nitrogens with zero attached hydrogens (tertiary/aromatic N) is 4. The second kappa shape index (κ2) is 6.58. The second-order valence-corrected chi connectivity index (χ2v) is 6.22. The molecule has 2 amide bonds. The Morgan fingerprint density at radius 1 is 1.28 bits per heavy atom. The van der Waals surface area contributed by atoms with E-state index in [1.165, 1.54) is 46.6 Å². The van der Waals surface area contributed by atoms with Gasteiger partial charge in [-0.3, -0.25) is 19.6 Å². The Kier molecular flexibility index (Phi) is 4.48. The van der Waals surface area contributed by atoms with Gasteiger partial charge >= 0.3 is 0 Å². The highest BCUT2D eigenvalue weighted by Crippen LogP contribution is 2.40. The molecule has 25 heavy (non-hydrogen) atoms. The lowest BCUT2D eigenvalue weighted by atomic mass is 9.89. The van der Waals surface area contributed by atoms with E-state index < -0.39 is 17.3 Å². The summed E-state index contributed by atoms with van der Waals surface area (Å²) in [5, 5.41) is 0. The Morgan fingerprint density at radius 3 is 2.72 bits per heavy atom. The van der Waals surface area contributed by atoms with E-state index in [-0.39, 0.29) is 11.5 Å². The first-order valence-electron chi connectivity index (χ1n) is 8.02. The molecule has 0 spiro atoms. The average Bonchev–Trinajstić information content (AvgIpc) is 3.07. The number of hydrogen-bond donors (Lipinski definition) is 0. The van der Waals surface area contributed by atoms with Gasteiger partial charge in [0.25, 0.3) is 11.8 Å². The number of amides is 2. The molecule has 2 heterocycles. The zero-order chi connectivity index (χ0) is 18.0. The summed E-state index contributed by atoms with van der Waals surface area (Å²) in [6.45, 7) is 0.394. The van der Waals surface area contributed by atoms with Crippen LogP contribution in [0.15, 0.2) is 42.9 Å². The van der Waals surface area contributed by atoms with Gasteiger partial charge in [0.2, 0.25) is 0 Å². The van der Waals surface area contributed by atoms with Crippen LogP contribution in [-0.2, 0) is 10.3 Å². The SMILES string of the molecule is CN(C)C(=O)C1(c2cnccn2)CCCN1C(=O)c1cccc(F)c1. The van der Waals surface area contributed by atoms with Crippen LogP contribution >= 0.6 is 0 Å². The van der Waals surface area contributed by atoms with Crippen molar-refractivity contribution in [2.75, 3.05) is 20.6 Å². The van der Waals surface area contributed by atoms with Crippen LogP contribution < -0.4 is 0 Å². The normalized spacial score (nSPS) is 19.7. The number of aromatic nitrogens is 2. The van der Waals surface area contributed by atoms with Crippen LogP contribution in [0.3, 0.4) is 0 Å². The Morgan fingerprint density at radius 2 is 2.08 bits per heavy atom. The van der Waals surface area contributed by atoms with Crippen molar-refractivity contribution in [1.82, 2.24) is 19.8 Å². The first-order chi connectivity index (χ1) is 12.0. The summed E-state index contributed by atoms with van der Waals surface area (Å²) in [5.41, 5.74) is -0.584. The summed E-state index contributed by atoms with van der Waals surface area (Å²) >= 11 is 0. The molecule has 1 aliphatic heterocycles. The van der Waals surface area contributed by atoms with Gasteiger partial charge in [-0.05, 0) is 31.0 Å². The molecule has 0 aliphatic carbocycles. The zero-order valence-electron chi connectivity index (χ0n) is 14.1. The molecule has 3 rings (SSSR count). The van der Waals surface area contributed by atoms with Crippen LogP contribution in [-0.4, -0.2) is 52.2 Å². The molecule has 0 N–H and O–H groups in total. The van der Waals surface area contributed by atoms with Crippen LogP contribution in [0.2, 0.25) is 0 Å². The topological polar surface area (TPSA) is 66.4 Å². The van der Waals surface area contributed by atoms with E-state index in [2.05, 4.69) is 9.97 Å². The Hall–Kier alpha value is -2.83. The summed E-state index contributed by atoms with van der Waals surface area (Å²) in [5.74, 6) is -1.12. The Balaban J connectivity index is 2.11. The minimum Gasteiger partial charge on any atom is -0.346 e. The first kappa shape index (κ1) is 17.0. The van der Waals surface area contributed by atoms with Crippen molar-refractivity contribution in [3.05, 3.63) is 59.9 Å². The van der Waals surface area contributed by atoms with Gasteiger partial charge in [-0.15, -0.1) is 0 Å². The summed E-state index contributed by atoms with van der Waals surface area (Å²) in [6, 6.07) is 5.49. The molecular formula is C18H19FN4O2. The van der Waals surface area contributed by atoms with Crippen molar-refractivity contribution in [3.63, 3.8) is 0 Å². The van der Waals surface area contributed by atoms with E-state index >= 15 is 0 Å². The van der Waals surface area contributed by atoms with Gasteiger partial charge in [0, 0.05) is 38.6 Å². The molecule has 0 radical (unpaired) electrons. The zero-order valence-corrected chi connectivity index (χ0v) is 14.1. The highest BCUT2D eigenvalue weighted by Gasteiger charge is 2.53. The van der Waals surface area contributed by atoms with Crippen LogP contribution in [0.4, 0.5) is 4.39 Å². The lowest BCUT2D eigenvalue weighted by Crippen LogP contribution is -2.55. The monoisotopic (exact) mass is 342 g/mol. The standard InChI is InChI=1S/C18H19FN4O2/c1-22(2)17(25)18(15-12-20-8-9-21-15)7-4-10-23(18)16(24)13-5-3-6-14(19)11-13/h3,5-6,8-9,11-12H,4,7,10H2,1-2H3. The number of carbonyl (C=O) groups is 2. The molecule has 6 nitrogen and oxygen atoms in total. The molecule has 0 bridgehead atoms. The maximum absolute atomic E-state index is 13.5. The molecule has 1 atom stereocenters. The molecule has 2 aromatic rings. The number of hydrogen-bond acceptors (Lipinski definition) is 4. The van der Waals surface area contributed by atoms with Crippen molar-refractivity contribution in [1.29, 1.82) is 0 Å². The molecule has 7 heteroatoms. The molecule has 1 aromatic heterocycles. The fourth-order valence-electron chi connectivity index (χ4n) is 3.35. The quantitative estimate of drug-likeness (QED) is 0.854. The van der Waals surface area contributed by atoms with Crippen molar-refractivity contribution in [2.24, 2.45) is 0 Å². The molecule has 1 unspecified atom stereocenters. The summed E-state index contributed by atoms with van der Waals surface area (Å²) in [6.07, 6.45) is 5.63. The molecule has 130 valence electrons. The molecule has 1 aromatic carbocycles. The minimum absolute atomic E-state index is 0.210. The van der Waals surface area contributed by atoms with Crippen molar-refractivity contribution in [3.8, 4) is 0 Å². The third-order valence-corrected chi connectivity index (χ3v) is 4.44. The van der Waals surface area contributed by atoms with Gasteiger partial charge < -0.3 is 9.80 Å². The highest BCUT2D eigenvalue weighted by molar-refractivity contribution is 6.00. The van der Waals surface area contributed by atoms with E-state index in [0.717, 1.165) is 0 Å². The van der Waals surface area contributed by atoms with Gasteiger partial charge in [-0.25, -0.2) is 4.39 Å². The maximum Gasteiger partial charge on any atom is 0.255 e. The predicted molar refractivity (Wildman–Crippen MR) is 89.1 cm³/mol. The van der Waals surface area contributed by atoms with E-state index in [4.69, 9.17) is 0 Å². The summed E-state index contributed by atoms with van der Waals surface area (Å²) < 4.78 is 13.5. The fraction of sp³-hybridized carbons (Fsp3) is 0.333. The molecule has 1 saturated heterocycles. The van der Waals surface area contributed by atoms with Crippen LogP contribution in [0.1, 0.15) is 28.9 Å². The lowest BCUT2D eigenvalue weighted by Gasteiger charge is -2.38. The number of benzene rings is 1. The van der Waals surface area contributed by atoms with Gasteiger partial charge in [0.05, 0.1) is 11.9 Å². The van der Waals surface area contributed by atoms with E-state index in [0.29, 0.717) is 25.1 Å².